The standard InChI is InChI=1S/C18H29FN2/c1-4-18(5-2,13-20-16-10-11-16)14-21(3)12-15-8-6-7-9-17(15)19/h6-9,16,20H,4-5,10-14H2,1-3H3. The average molecular weight is 292 g/mol. The van der Waals surface area contributed by atoms with Crippen LogP contribution in [0.25, 0.3) is 0 Å². The number of hydrogen-bond acceptors (Lipinski definition) is 2. The van der Waals surface area contributed by atoms with E-state index in [2.05, 4.69) is 31.1 Å². The molecular formula is C18H29FN2. The first-order valence-corrected chi connectivity index (χ1v) is 8.24. The molecule has 2 nitrogen and oxygen atoms in total. The van der Waals surface area contributed by atoms with Crippen molar-refractivity contribution in [3.05, 3.63) is 35.6 Å². The molecule has 0 spiro atoms. The number of nitrogens with zero attached hydrogens (tertiary/aromatic N) is 1. The molecule has 1 aliphatic rings. The highest BCUT2D eigenvalue weighted by Gasteiger charge is 2.31. The molecule has 0 atom stereocenters. The van der Waals surface area contributed by atoms with Gasteiger partial charge >= 0.3 is 0 Å². The fraction of sp³-hybridized carbons (Fsp3) is 0.667. The first kappa shape index (κ1) is 16.4. The van der Waals surface area contributed by atoms with E-state index in [1.54, 1.807) is 12.1 Å². The molecule has 0 radical (unpaired) electrons. The van der Waals surface area contributed by atoms with Crippen molar-refractivity contribution in [2.75, 3.05) is 20.1 Å². The van der Waals surface area contributed by atoms with E-state index >= 15 is 0 Å². The summed E-state index contributed by atoms with van der Waals surface area (Å²) in [7, 11) is 2.10. The quantitative estimate of drug-likeness (QED) is 0.744. The van der Waals surface area contributed by atoms with Gasteiger partial charge in [0.1, 0.15) is 5.82 Å². The Balaban J connectivity index is 1.93. The van der Waals surface area contributed by atoms with Crippen molar-refractivity contribution in [3.63, 3.8) is 0 Å². The van der Waals surface area contributed by atoms with Crippen molar-refractivity contribution >= 4 is 0 Å². The fourth-order valence-corrected chi connectivity index (χ4v) is 2.97. The molecule has 0 heterocycles. The molecule has 1 N–H and O–H groups in total. The van der Waals surface area contributed by atoms with Crippen LogP contribution in [0.1, 0.15) is 45.1 Å². The summed E-state index contributed by atoms with van der Waals surface area (Å²) in [5, 5.41) is 3.68. The highest BCUT2D eigenvalue weighted by Crippen LogP contribution is 2.29. The van der Waals surface area contributed by atoms with Crippen LogP contribution < -0.4 is 5.32 Å². The maximum atomic E-state index is 13.8. The highest BCUT2D eigenvalue weighted by molar-refractivity contribution is 5.17. The predicted molar refractivity (Wildman–Crippen MR) is 86.8 cm³/mol. The van der Waals surface area contributed by atoms with E-state index in [9.17, 15) is 4.39 Å². The molecule has 1 aliphatic carbocycles. The van der Waals surface area contributed by atoms with E-state index in [4.69, 9.17) is 0 Å². The monoisotopic (exact) mass is 292 g/mol. The third kappa shape index (κ3) is 4.79. The zero-order valence-electron chi connectivity index (χ0n) is 13.7. The Morgan fingerprint density at radius 3 is 2.48 bits per heavy atom. The second-order valence-electron chi connectivity index (χ2n) is 6.63. The number of halogens is 1. The maximum absolute atomic E-state index is 13.8. The molecule has 1 aromatic rings. The highest BCUT2D eigenvalue weighted by atomic mass is 19.1. The lowest BCUT2D eigenvalue weighted by molar-refractivity contribution is 0.149. The van der Waals surface area contributed by atoms with Gasteiger partial charge < -0.3 is 10.2 Å². The van der Waals surface area contributed by atoms with Crippen LogP contribution in [-0.2, 0) is 6.54 Å². The second-order valence-corrected chi connectivity index (χ2v) is 6.63. The Bertz CT molecular complexity index is 439. The van der Waals surface area contributed by atoms with Gasteiger partial charge in [0.2, 0.25) is 0 Å². The van der Waals surface area contributed by atoms with Gasteiger partial charge in [0.25, 0.3) is 0 Å². The molecule has 0 bridgehead atoms. The van der Waals surface area contributed by atoms with Crippen molar-refractivity contribution in [1.82, 2.24) is 10.2 Å². The third-order valence-electron chi connectivity index (χ3n) is 4.85. The zero-order valence-corrected chi connectivity index (χ0v) is 13.7. The van der Waals surface area contributed by atoms with E-state index in [1.165, 1.54) is 12.8 Å². The lowest BCUT2D eigenvalue weighted by atomic mass is 9.81. The van der Waals surface area contributed by atoms with Crippen LogP contribution in [0.4, 0.5) is 4.39 Å². The van der Waals surface area contributed by atoms with Crippen molar-refractivity contribution in [1.29, 1.82) is 0 Å². The number of rotatable bonds is 9. The summed E-state index contributed by atoms with van der Waals surface area (Å²) in [5.41, 5.74) is 1.08. The van der Waals surface area contributed by atoms with Gasteiger partial charge in [-0.2, -0.15) is 0 Å². The van der Waals surface area contributed by atoms with Crippen LogP contribution in [0.15, 0.2) is 24.3 Å². The van der Waals surface area contributed by atoms with Crippen LogP contribution >= 0.6 is 0 Å². The van der Waals surface area contributed by atoms with E-state index in [0.29, 0.717) is 12.0 Å². The normalized spacial score (nSPS) is 15.7. The van der Waals surface area contributed by atoms with Gasteiger partial charge in [0, 0.05) is 31.2 Å². The van der Waals surface area contributed by atoms with Gasteiger partial charge in [-0.3, -0.25) is 0 Å². The molecule has 0 amide bonds. The van der Waals surface area contributed by atoms with Gasteiger partial charge in [-0.05, 0) is 44.2 Å². The summed E-state index contributed by atoms with van der Waals surface area (Å²) in [6.07, 6.45) is 4.97. The Hall–Kier alpha value is -0.930. The lowest BCUT2D eigenvalue weighted by Crippen LogP contribution is -2.42. The molecule has 0 aromatic heterocycles. The molecule has 3 heteroatoms. The molecule has 1 fully saturated rings. The van der Waals surface area contributed by atoms with Crippen LogP contribution in [-0.4, -0.2) is 31.1 Å². The molecule has 1 aromatic carbocycles. The van der Waals surface area contributed by atoms with Crippen LogP contribution in [0.2, 0.25) is 0 Å². The Morgan fingerprint density at radius 1 is 1.24 bits per heavy atom. The van der Waals surface area contributed by atoms with Crippen LogP contribution in [0, 0.1) is 11.2 Å². The van der Waals surface area contributed by atoms with Crippen molar-refractivity contribution in [2.24, 2.45) is 5.41 Å². The summed E-state index contributed by atoms with van der Waals surface area (Å²) in [4.78, 5) is 2.26. The minimum Gasteiger partial charge on any atom is -0.313 e. The lowest BCUT2D eigenvalue weighted by Gasteiger charge is -2.36. The number of nitrogens with one attached hydrogen (secondary N) is 1. The topological polar surface area (TPSA) is 15.3 Å². The first-order valence-electron chi connectivity index (χ1n) is 8.24. The Labute approximate surface area is 128 Å². The number of benzene rings is 1. The van der Waals surface area contributed by atoms with Crippen LogP contribution in [0.3, 0.4) is 0 Å². The smallest absolute Gasteiger partial charge is 0.127 e. The minimum absolute atomic E-state index is 0.0981. The van der Waals surface area contributed by atoms with Gasteiger partial charge in [-0.1, -0.05) is 32.0 Å². The van der Waals surface area contributed by atoms with Crippen molar-refractivity contribution in [3.8, 4) is 0 Å². The van der Waals surface area contributed by atoms with Gasteiger partial charge in [-0.25, -0.2) is 4.39 Å². The number of hydrogen-bond donors (Lipinski definition) is 1. The summed E-state index contributed by atoms with van der Waals surface area (Å²) >= 11 is 0. The van der Waals surface area contributed by atoms with Gasteiger partial charge in [-0.15, -0.1) is 0 Å². The Kier molecular flexibility index (Phi) is 5.77. The SMILES string of the molecule is CCC(CC)(CNC1CC1)CN(C)Cc1ccccc1F. The zero-order chi connectivity index (χ0) is 15.3. The molecule has 0 aliphatic heterocycles. The molecule has 21 heavy (non-hydrogen) atoms. The molecule has 0 saturated heterocycles. The van der Waals surface area contributed by atoms with E-state index in [-0.39, 0.29) is 5.82 Å². The second kappa shape index (κ2) is 7.37. The fourth-order valence-electron chi connectivity index (χ4n) is 2.97. The van der Waals surface area contributed by atoms with E-state index in [0.717, 1.165) is 37.5 Å². The molecular weight excluding hydrogens is 263 g/mol. The summed E-state index contributed by atoms with van der Waals surface area (Å²) < 4.78 is 13.8. The summed E-state index contributed by atoms with van der Waals surface area (Å²) in [5.74, 6) is -0.0981. The van der Waals surface area contributed by atoms with E-state index in [1.807, 2.05) is 12.1 Å². The minimum atomic E-state index is -0.0981. The largest absolute Gasteiger partial charge is 0.313 e. The van der Waals surface area contributed by atoms with Gasteiger partial charge in [0.05, 0.1) is 0 Å². The Morgan fingerprint density at radius 2 is 1.90 bits per heavy atom. The molecule has 118 valence electrons. The molecule has 0 unspecified atom stereocenters. The summed E-state index contributed by atoms with van der Waals surface area (Å²) in [6, 6.07) is 7.84. The van der Waals surface area contributed by atoms with Crippen molar-refractivity contribution in [2.45, 2.75) is 52.1 Å². The maximum Gasteiger partial charge on any atom is 0.127 e. The van der Waals surface area contributed by atoms with Crippen molar-refractivity contribution < 1.29 is 4.39 Å². The first-order chi connectivity index (χ1) is 10.1. The van der Waals surface area contributed by atoms with E-state index < -0.39 is 0 Å². The third-order valence-corrected chi connectivity index (χ3v) is 4.85. The average Bonchev–Trinajstić information content (AvgIpc) is 3.30. The predicted octanol–water partition coefficient (Wildman–Crippen LogP) is 3.82. The van der Waals surface area contributed by atoms with Crippen LogP contribution in [0.5, 0.6) is 0 Å². The summed E-state index contributed by atoms with van der Waals surface area (Å²) in [6.45, 7) is 7.31. The van der Waals surface area contributed by atoms with Gasteiger partial charge in [0.15, 0.2) is 0 Å². The molecule has 2 rings (SSSR count). The molecule has 1 saturated carbocycles.